The van der Waals surface area contributed by atoms with Gasteiger partial charge in [0, 0.05) is 37.3 Å². The summed E-state index contributed by atoms with van der Waals surface area (Å²) in [5.74, 6) is 0.701. The summed E-state index contributed by atoms with van der Waals surface area (Å²) in [6, 6.07) is 20.3. The molecular weight excluding hydrogens is 428 g/mol. The van der Waals surface area contributed by atoms with Gasteiger partial charge in [-0.25, -0.2) is 9.97 Å². The minimum absolute atomic E-state index is 0.118. The Morgan fingerprint density at radius 2 is 1.79 bits per heavy atom. The third-order valence-corrected chi connectivity index (χ3v) is 6.35. The number of carbonyl (C=O) groups excluding carboxylic acids is 1. The average molecular weight is 457 g/mol. The maximum Gasteiger partial charge on any atom is 0.310 e. The molecule has 2 aromatic carbocycles. The second-order valence-corrected chi connectivity index (χ2v) is 8.52. The molecule has 1 saturated heterocycles. The number of imidazole rings is 1. The molecule has 0 bridgehead atoms. The summed E-state index contributed by atoms with van der Waals surface area (Å²) in [7, 11) is 1.61. The molecular formula is C27H28N4O3. The fourth-order valence-corrected chi connectivity index (χ4v) is 4.76. The molecule has 2 unspecified atom stereocenters. The number of nitrogens with zero attached hydrogens (tertiary/aromatic N) is 4. The third kappa shape index (κ3) is 4.26. The number of esters is 1. The predicted octanol–water partition coefficient (Wildman–Crippen LogP) is 4.18. The third-order valence-electron chi connectivity index (χ3n) is 6.35. The van der Waals surface area contributed by atoms with Crippen LogP contribution in [0.25, 0.3) is 16.9 Å². The Balaban J connectivity index is 1.54. The van der Waals surface area contributed by atoms with Gasteiger partial charge in [-0.15, -0.1) is 0 Å². The van der Waals surface area contributed by atoms with Gasteiger partial charge < -0.3 is 9.47 Å². The van der Waals surface area contributed by atoms with Crippen LogP contribution in [0.15, 0.2) is 73.1 Å². The van der Waals surface area contributed by atoms with E-state index in [-0.39, 0.29) is 17.8 Å². The summed E-state index contributed by atoms with van der Waals surface area (Å²) < 4.78 is 13.1. The molecule has 1 aliphatic heterocycles. The zero-order chi connectivity index (χ0) is 23.5. The monoisotopic (exact) mass is 456 g/mol. The first-order valence-electron chi connectivity index (χ1n) is 11.6. The number of methoxy groups -OCH3 is 1. The minimum atomic E-state index is -0.304. The quantitative estimate of drug-likeness (QED) is 0.389. The van der Waals surface area contributed by atoms with Gasteiger partial charge in [-0.1, -0.05) is 60.7 Å². The number of hydrogen-bond acceptors (Lipinski definition) is 6. The standard InChI is InChI=1S/C27H28N4O3/c1-3-34-27(32)22-17-30(15-19-10-6-4-7-11-19)16-21(22)23-18-31-24(26(29-23)33-2)14-28-25(31)20-12-8-5-9-13-20/h4-14,18,21-22H,3,15-17H2,1-2H3. The number of fused-ring (bicyclic) bond motifs is 1. The van der Waals surface area contributed by atoms with Crippen molar-refractivity contribution < 1.29 is 14.3 Å². The molecule has 1 fully saturated rings. The van der Waals surface area contributed by atoms with Gasteiger partial charge in [0.25, 0.3) is 0 Å². The van der Waals surface area contributed by atoms with Crippen molar-refractivity contribution in [2.75, 3.05) is 26.8 Å². The van der Waals surface area contributed by atoms with Crippen molar-refractivity contribution >= 4 is 11.5 Å². The highest BCUT2D eigenvalue weighted by Gasteiger charge is 2.40. The van der Waals surface area contributed by atoms with E-state index < -0.39 is 0 Å². The van der Waals surface area contributed by atoms with E-state index in [2.05, 4.69) is 22.0 Å². The minimum Gasteiger partial charge on any atom is -0.479 e. The van der Waals surface area contributed by atoms with Crippen molar-refractivity contribution in [1.29, 1.82) is 0 Å². The van der Waals surface area contributed by atoms with Gasteiger partial charge in [0.15, 0.2) is 0 Å². The van der Waals surface area contributed by atoms with Crippen LogP contribution in [0, 0.1) is 5.92 Å². The SMILES string of the molecule is CCOC(=O)C1CN(Cc2ccccc2)CC1c1cn2c(-c3ccccc3)ncc2c(OC)n1. The summed E-state index contributed by atoms with van der Waals surface area (Å²) >= 11 is 0. The molecule has 2 aromatic heterocycles. The van der Waals surface area contributed by atoms with E-state index in [1.165, 1.54) is 5.56 Å². The molecule has 4 aromatic rings. The molecule has 7 nitrogen and oxygen atoms in total. The van der Waals surface area contributed by atoms with Gasteiger partial charge in [0.1, 0.15) is 11.3 Å². The fourth-order valence-electron chi connectivity index (χ4n) is 4.76. The number of aromatic nitrogens is 3. The number of likely N-dealkylation sites (tertiary alicyclic amines) is 1. The zero-order valence-electron chi connectivity index (χ0n) is 19.4. The smallest absolute Gasteiger partial charge is 0.310 e. The van der Waals surface area contributed by atoms with Crippen LogP contribution in [0.3, 0.4) is 0 Å². The number of benzene rings is 2. The molecule has 3 heterocycles. The molecule has 0 amide bonds. The van der Waals surface area contributed by atoms with Gasteiger partial charge in [-0.2, -0.15) is 0 Å². The van der Waals surface area contributed by atoms with Crippen LogP contribution >= 0.6 is 0 Å². The lowest BCUT2D eigenvalue weighted by molar-refractivity contribution is -0.148. The van der Waals surface area contributed by atoms with Crippen LogP contribution < -0.4 is 4.74 Å². The Hall–Kier alpha value is -3.71. The second-order valence-electron chi connectivity index (χ2n) is 8.52. The van der Waals surface area contributed by atoms with Crippen LogP contribution in [0.2, 0.25) is 0 Å². The first kappa shape index (κ1) is 22.1. The number of carbonyl (C=O) groups is 1. The summed E-state index contributed by atoms with van der Waals surface area (Å²) in [5.41, 5.74) is 3.80. The van der Waals surface area contributed by atoms with Gasteiger partial charge in [-0.05, 0) is 12.5 Å². The molecule has 0 saturated carbocycles. The topological polar surface area (TPSA) is 69.0 Å². The second kappa shape index (κ2) is 9.65. The van der Waals surface area contributed by atoms with Crippen LogP contribution in [-0.2, 0) is 16.1 Å². The van der Waals surface area contributed by atoms with Gasteiger partial charge in [0.05, 0.1) is 31.5 Å². The van der Waals surface area contributed by atoms with E-state index >= 15 is 0 Å². The van der Waals surface area contributed by atoms with Gasteiger partial charge >= 0.3 is 5.97 Å². The molecule has 34 heavy (non-hydrogen) atoms. The summed E-state index contributed by atoms with van der Waals surface area (Å²) in [4.78, 5) is 24.7. The van der Waals surface area contributed by atoms with E-state index in [1.807, 2.05) is 66.1 Å². The van der Waals surface area contributed by atoms with Crippen LogP contribution in [0.5, 0.6) is 5.88 Å². The highest BCUT2D eigenvalue weighted by atomic mass is 16.5. The molecule has 0 N–H and O–H groups in total. The van der Waals surface area contributed by atoms with Crippen LogP contribution in [-0.4, -0.2) is 52.0 Å². The first-order valence-corrected chi connectivity index (χ1v) is 11.6. The maximum absolute atomic E-state index is 13.0. The van der Waals surface area contributed by atoms with Crippen LogP contribution in [0.1, 0.15) is 24.1 Å². The molecule has 174 valence electrons. The van der Waals surface area contributed by atoms with Crippen molar-refractivity contribution in [1.82, 2.24) is 19.3 Å². The van der Waals surface area contributed by atoms with Crippen molar-refractivity contribution in [3.8, 4) is 17.3 Å². The Bertz CT molecular complexity index is 1270. The Morgan fingerprint density at radius 1 is 1.06 bits per heavy atom. The lowest BCUT2D eigenvalue weighted by Crippen LogP contribution is -2.25. The predicted molar refractivity (Wildman–Crippen MR) is 130 cm³/mol. The zero-order valence-corrected chi connectivity index (χ0v) is 19.4. The van der Waals surface area contributed by atoms with E-state index in [4.69, 9.17) is 14.5 Å². The Kier molecular flexibility index (Phi) is 6.27. The molecule has 7 heteroatoms. The average Bonchev–Trinajstić information content (AvgIpc) is 3.49. The largest absolute Gasteiger partial charge is 0.479 e. The van der Waals surface area contributed by atoms with Crippen molar-refractivity contribution in [3.05, 3.63) is 84.3 Å². The summed E-state index contributed by atoms with van der Waals surface area (Å²) in [6.45, 7) is 4.29. The van der Waals surface area contributed by atoms with Crippen molar-refractivity contribution in [2.24, 2.45) is 5.92 Å². The lowest BCUT2D eigenvalue weighted by atomic mass is 9.93. The Morgan fingerprint density at radius 3 is 2.50 bits per heavy atom. The van der Waals surface area contributed by atoms with E-state index in [0.29, 0.717) is 25.6 Å². The maximum atomic E-state index is 13.0. The molecule has 0 radical (unpaired) electrons. The van der Waals surface area contributed by atoms with Crippen molar-refractivity contribution in [2.45, 2.75) is 19.4 Å². The summed E-state index contributed by atoms with van der Waals surface area (Å²) in [5, 5.41) is 0. The lowest BCUT2D eigenvalue weighted by Gasteiger charge is -2.18. The Labute approximate surface area is 199 Å². The molecule has 1 aliphatic rings. The highest BCUT2D eigenvalue weighted by molar-refractivity contribution is 5.75. The van der Waals surface area contributed by atoms with E-state index in [9.17, 15) is 4.79 Å². The molecule has 5 rings (SSSR count). The van der Waals surface area contributed by atoms with E-state index in [0.717, 1.165) is 29.1 Å². The summed E-state index contributed by atoms with van der Waals surface area (Å²) in [6.07, 6.45) is 3.77. The molecule has 2 atom stereocenters. The normalized spacial score (nSPS) is 18.3. The first-order chi connectivity index (χ1) is 16.7. The van der Waals surface area contributed by atoms with Crippen molar-refractivity contribution in [3.63, 3.8) is 0 Å². The molecule has 0 aliphatic carbocycles. The molecule has 0 spiro atoms. The fraction of sp³-hybridized carbons (Fsp3) is 0.296. The van der Waals surface area contributed by atoms with Crippen LogP contribution in [0.4, 0.5) is 0 Å². The number of hydrogen-bond donors (Lipinski definition) is 0. The number of ether oxygens (including phenoxy) is 2. The number of rotatable bonds is 7. The van der Waals surface area contributed by atoms with Gasteiger partial charge in [-0.3, -0.25) is 14.1 Å². The highest BCUT2D eigenvalue weighted by Crippen LogP contribution is 2.36. The van der Waals surface area contributed by atoms with Gasteiger partial charge in [0.2, 0.25) is 5.88 Å². The van der Waals surface area contributed by atoms with E-state index in [1.54, 1.807) is 13.3 Å².